The van der Waals surface area contributed by atoms with Crippen molar-refractivity contribution in [3.63, 3.8) is 0 Å². The first-order valence-electron chi connectivity index (χ1n) is 4.53. The summed E-state index contributed by atoms with van der Waals surface area (Å²) in [6.45, 7) is 0. The van der Waals surface area contributed by atoms with E-state index in [1.807, 2.05) is 24.5 Å². The van der Waals surface area contributed by atoms with Gasteiger partial charge in [0.25, 0.3) is 0 Å². The predicted octanol–water partition coefficient (Wildman–Crippen LogP) is 2.59. The van der Waals surface area contributed by atoms with Gasteiger partial charge in [-0.25, -0.2) is 0 Å². The molecular formula is C11H15NO2S. The van der Waals surface area contributed by atoms with Crippen molar-refractivity contribution in [1.29, 1.82) is 5.41 Å². The van der Waals surface area contributed by atoms with E-state index in [4.69, 9.17) is 14.9 Å². The Hall–Kier alpha value is -1.16. The van der Waals surface area contributed by atoms with Crippen LogP contribution in [0, 0.1) is 5.41 Å². The lowest BCUT2D eigenvalue weighted by molar-refractivity contribution is 0.354. The molecule has 0 aromatic heterocycles. The van der Waals surface area contributed by atoms with Crippen LogP contribution in [0.2, 0.25) is 0 Å². The average molecular weight is 225 g/mol. The molecule has 82 valence electrons. The quantitative estimate of drug-likeness (QED) is 0.632. The number of ether oxygens (including phenoxy) is 2. The van der Waals surface area contributed by atoms with Crippen LogP contribution >= 0.6 is 11.8 Å². The third-order valence-electron chi connectivity index (χ3n) is 2.06. The summed E-state index contributed by atoms with van der Waals surface area (Å²) in [5, 5.41) is 8.23. The van der Waals surface area contributed by atoms with Gasteiger partial charge in [-0.15, -0.1) is 11.8 Å². The van der Waals surface area contributed by atoms with Gasteiger partial charge in [0.15, 0.2) is 11.5 Å². The molecule has 1 aromatic rings. The van der Waals surface area contributed by atoms with Gasteiger partial charge in [-0.05, 0) is 24.0 Å². The van der Waals surface area contributed by atoms with Crippen molar-refractivity contribution in [2.45, 2.75) is 6.42 Å². The van der Waals surface area contributed by atoms with Gasteiger partial charge in [-0.3, -0.25) is 5.41 Å². The molecule has 0 aliphatic rings. The highest BCUT2D eigenvalue weighted by Gasteiger charge is 2.05. The molecule has 0 saturated heterocycles. The molecule has 4 heteroatoms. The number of hydrogen-bond acceptors (Lipinski definition) is 4. The Morgan fingerprint density at radius 3 is 2.47 bits per heavy atom. The van der Waals surface area contributed by atoms with Crippen molar-refractivity contribution in [2.75, 3.05) is 20.5 Å². The highest BCUT2D eigenvalue weighted by atomic mass is 32.2. The Morgan fingerprint density at radius 1 is 1.27 bits per heavy atom. The summed E-state index contributed by atoms with van der Waals surface area (Å²) in [4.78, 5) is 0. The molecule has 1 N–H and O–H groups in total. The van der Waals surface area contributed by atoms with Gasteiger partial charge in [-0.2, -0.15) is 0 Å². The molecule has 1 rings (SSSR count). The maximum Gasteiger partial charge on any atom is 0.160 e. The number of rotatable bonds is 4. The Kier molecular flexibility index (Phi) is 4.49. The Balaban J connectivity index is 2.88. The van der Waals surface area contributed by atoms with E-state index in [0.29, 0.717) is 17.2 Å². The van der Waals surface area contributed by atoms with E-state index in [0.717, 1.165) is 11.3 Å². The van der Waals surface area contributed by atoms with Crippen LogP contribution in [0.4, 0.5) is 0 Å². The lowest BCUT2D eigenvalue weighted by atomic mass is 10.1. The summed E-state index contributed by atoms with van der Waals surface area (Å²) in [6, 6.07) is 5.72. The molecular weight excluding hydrogens is 210 g/mol. The van der Waals surface area contributed by atoms with E-state index in [1.54, 1.807) is 14.2 Å². The first kappa shape index (κ1) is 11.9. The molecule has 0 heterocycles. The van der Waals surface area contributed by atoms with Gasteiger partial charge in [0, 0.05) is 6.42 Å². The van der Waals surface area contributed by atoms with Crippen LogP contribution in [-0.4, -0.2) is 25.5 Å². The Bertz CT molecular complexity index is 352. The number of thioether (sulfide) groups is 1. The second kappa shape index (κ2) is 5.66. The average Bonchev–Trinajstić information content (AvgIpc) is 2.28. The normalized spacial score (nSPS) is 9.80. The highest BCUT2D eigenvalue weighted by Crippen LogP contribution is 2.28. The minimum absolute atomic E-state index is 0.640. The zero-order valence-corrected chi connectivity index (χ0v) is 9.98. The second-order valence-corrected chi connectivity index (χ2v) is 3.89. The summed E-state index contributed by atoms with van der Waals surface area (Å²) in [7, 11) is 3.23. The molecule has 0 unspecified atom stereocenters. The van der Waals surface area contributed by atoms with E-state index in [-0.39, 0.29) is 0 Å². The summed E-state index contributed by atoms with van der Waals surface area (Å²) in [5.41, 5.74) is 1.06. The van der Waals surface area contributed by atoms with Gasteiger partial charge >= 0.3 is 0 Å². The maximum absolute atomic E-state index is 7.59. The molecule has 0 aliphatic heterocycles. The molecule has 0 fully saturated rings. The summed E-state index contributed by atoms with van der Waals surface area (Å²) in [6.07, 6.45) is 2.55. The van der Waals surface area contributed by atoms with E-state index >= 15 is 0 Å². The van der Waals surface area contributed by atoms with E-state index in [1.165, 1.54) is 11.8 Å². The molecule has 0 aliphatic carbocycles. The van der Waals surface area contributed by atoms with Gasteiger partial charge in [0.2, 0.25) is 0 Å². The van der Waals surface area contributed by atoms with Crippen molar-refractivity contribution in [3.8, 4) is 11.5 Å². The van der Waals surface area contributed by atoms with Crippen molar-refractivity contribution >= 4 is 16.8 Å². The molecule has 1 aromatic carbocycles. The van der Waals surface area contributed by atoms with Crippen LogP contribution in [0.15, 0.2) is 18.2 Å². The fourth-order valence-corrected chi connectivity index (χ4v) is 1.56. The maximum atomic E-state index is 7.59. The zero-order chi connectivity index (χ0) is 11.3. The number of benzene rings is 1. The monoisotopic (exact) mass is 225 g/mol. The highest BCUT2D eigenvalue weighted by molar-refractivity contribution is 8.13. The fourth-order valence-electron chi connectivity index (χ4n) is 1.25. The smallest absolute Gasteiger partial charge is 0.160 e. The number of methoxy groups -OCH3 is 2. The zero-order valence-electron chi connectivity index (χ0n) is 9.16. The molecule has 3 nitrogen and oxygen atoms in total. The SMILES string of the molecule is COc1ccc(CC(=N)SC)cc1OC. The van der Waals surface area contributed by atoms with Crippen molar-refractivity contribution in [3.05, 3.63) is 23.8 Å². The fraction of sp³-hybridized carbons (Fsp3) is 0.364. The third-order valence-corrected chi connectivity index (χ3v) is 2.70. The molecule has 0 saturated carbocycles. The van der Waals surface area contributed by atoms with Gasteiger partial charge in [0.05, 0.1) is 19.3 Å². The molecule has 15 heavy (non-hydrogen) atoms. The molecule has 0 radical (unpaired) electrons. The number of hydrogen-bond donors (Lipinski definition) is 1. The van der Waals surface area contributed by atoms with Gasteiger partial charge in [-0.1, -0.05) is 6.07 Å². The van der Waals surface area contributed by atoms with Crippen molar-refractivity contribution < 1.29 is 9.47 Å². The van der Waals surface area contributed by atoms with Crippen LogP contribution in [0.25, 0.3) is 0 Å². The minimum Gasteiger partial charge on any atom is -0.493 e. The first-order chi connectivity index (χ1) is 7.21. The minimum atomic E-state index is 0.640. The van der Waals surface area contributed by atoms with Crippen LogP contribution < -0.4 is 9.47 Å². The lowest BCUT2D eigenvalue weighted by Gasteiger charge is -2.09. The van der Waals surface area contributed by atoms with Gasteiger partial charge < -0.3 is 9.47 Å². The topological polar surface area (TPSA) is 42.3 Å². The van der Waals surface area contributed by atoms with Crippen molar-refractivity contribution in [1.82, 2.24) is 0 Å². The molecule has 0 spiro atoms. The summed E-state index contributed by atoms with van der Waals surface area (Å²) < 4.78 is 10.3. The standard InChI is InChI=1S/C11H15NO2S/c1-13-9-5-4-8(6-10(9)14-2)7-11(12)15-3/h4-6,12H,7H2,1-3H3. The second-order valence-electron chi connectivity index (χ2n) is 2.99. The molecule has 0 atom stereocenters. The Labute approximate surface area is 94.3 Å². The summed E-state index contributed by atoms with van der Waals surface area (Å²) >= 11 is 1.45. The van der Waals surface area contributed by atoms with Crippen LogP contribution in [0.5, 0.6) is 11.5 Å². The first-order valence-corrected chi connectivity index (χ1v) is 5.76. The molecule has 0 bridgehead atoms. The largest absolute Gasteiger partial charge is 0.493 e. The summed E-state index contributed by atoms with van der Waals surface area (Å²) in [5.74, 6) is 1.43. The number of nitrogens with one attached hydrogen (secondary N) is 1. The predicted molar refractivity (Wildman–Crippen MR) is 64.5 cm³/mol. The van der Waals surface area contributed by atoms with E-state index in [2.05, 4.69) is 0 Å². The van der Waals surface area contributed by atoms with E-state index < -0.39 is 0 Å². The van der Waals surface area contributed by atoms with Crippen molar-refractivity contribution in [2.24, 2.45) is 0 Å². The Morgan fingerprint density at radius 2 is 1.93 bits per heavy atom. The van der Waals surface area contributed by atoms with Gasteiger partial charge in [0.1, 0.15) is 0 Å². The van der Waals surface area contributed by atoms with E-state index in [9.17, 15) is 0 Å². The molecule has 0 amide bonds. The van der Waals surface area contributed by atoms with Crippen LogP contribution in [-0.2, 0) is 6.42 Å². The van der Waals surface area contributed by atoms with Crippen LogP contribution in [0.1, 0.15) is 5.56 Å². The lowest BCUT2D eigenvalue weighted by Crippen LogP contribution is -1.97. The third kappa shape index (κ3) is 3.16. The van der Waals surface area contributed by atoms with Crippen LogP contribution in [0.3, 0.4) is 0 Å².